The zero-order valence-electron chi connectivity index (χ0n) is 17.7. The van der Waals surface area contributed by atoms with E-state index in [0.717, 1.165) is 22.6 Å². The summed E-state index contributed by atoms with van der Waals surface area (Å²) in [4.78, 5) is 28.7. The second-order valence-corrected chi connectivity index (χ2v) is 8.55. The summed E-state index contributed by atoms with van der Waals surface area (Å²) in [5.41, 5.74) is 0.287. The molecule has 0 bridgehead atoms. The van der Waals surface area contributed by atoms with Gasteiger partial charge in [-0.2, -0.15) is 13.2 Å². The monoisotopic (exact) mass is 474 g/mol. The van der Waals surface area contributed by atoms with Crippen LogP contribution in [0.1, 0.15) is 31.8 Å². The van der Waals surface area contributed by atoms with E-state index >= 15 is 0 Å². The second kappa shape index (κ2) is 9.36. The molecular formula is C24H21F3N2O3S. The van der Waals surface area contributed by atoms with Crippen LogP contribution in [-0.2, 0) is 10.9 Å². The number of morpholine rings is 1. The summed E-state index contributed by atoms with van der Waals surface area (Å²) >= 11 is 1.18. The summed E-state index contributed by atoms with van der Waals surface area (Å²) in [6.07, 6.45) is -4.68. The van der Waals surface area contributed by atoms with Gasteiger partial charge in [0, 0.05) is 18.0 Å². The number of thiophene rings is 1. The molecule has 1 aliphatic rings. The molecule has 2 heterocycles. The van der Waals surface area contributed by atoms with Crippen LogP contribution in [-0.4, -0.2) is 43.0 Å². The normalized spacial score (nSPS) is 14.2. The zero-order chi connectivity index (χ0) is 23.6. The van der Waals surface area contributed by atoms with E-state index < -0.39 is 23.2 Å². The van der Waals surface area contributed by atoms with Crippen molar-refractivity contribution in [2.75, 3.05) is 31.6 Å². The fourth-order valence-corrected chi connectivity index (χ4v) is 4.95. The van der Waals surface area contributed by atoms with Crippen LogP contribution >= 0.6 is 11.3 Å². The maximum atomic E-state index is 13.4. The number of nitrogens with one attached hydrogen (secondary N) is 1. The first-order valence-electron chi connectivity index (χ1n) is 10.3. The Hall–Kier alpha value is -3.17. The van der Waals surface area contributed by atoms with Crippen molar-refractivity contribution in [1.82, 2.24) is 4.90 Å². The lowest BCUT2D eigenvalue weighted by molar-refractivity contribution is -0.137. The minimum Gasteiger partial charge on any atom is -0.378 e. The molecule has 0 radical (unpaired) electrons. The lowest BCUT2D eigenvalue weighted by atomic mass is 10.0. The number of halogens is 3. The number of carbonyl (C=O) groups is 2. The summed E-state index contributed by atoms with van der Waals surface area (Å²) in [6.45, 7) is 3.40. The van der Waals surface area contributed by atoms with Gasteiger partial charge < -0.3 is 15.0 Å². The molecule has 5 nitrogen and oxygen atoms in total. The SMILES string of the molecule is Cc1c(-c2ccccc2)sc(NC(=O)c2ccccc2C(F)(F)F)c1C(=O)N1CCOCC1. The van der Waals surface area contributed by atoms with E-state index in [2.05, 4.69) is 5.32 Å². The minimum absolute atomic E-state index is 0.227. The van der Waals surface area contributed by atoms with E-state index in [0.29, 0.717) is 37.4 Å². The average Bonchev–Trinajstić information content (AvgIpc) is 3.14. The molecular weight excluding hydrogens is 453 g/mol. The number of amides is 2. The van der Waals surface area contributed by atoms with Crippen molar-refractivity contribution in [3.05, 3.63) is 76.9 Å². The summed E-state index contributed by atoms with van der Waals surface area (Å²) < 4.78 is 45.6. The Kier molecular flexibility index (Phi) is 6.53. The number of nitrogens with zero attached hydrogens (tertiary/aromatic N) is 1. The highest BCUT2D eigenvalue weighted by Gasteiger charge is 2.35. The first-order valence-corrected chi connectivity index (χ1v) is 11.1. The Bertz CT molecular complexity index is 1170. The van der Waals surface area contributed by atoms with Crippen LogP contribution in [0.25, 0.3) is 10.4 Å². The Labute approximate surface area is 192 Å². The van der Waals surface area contributed by atoms with E-state index in [1.165, 1.54) is 23.5 Å². The Morgan fingerprint density at radius 3 is 2.30 bits per heavy atom. The van der Waals surface area contributed by atoms with Crippen molar-refractivity contribution in [1.29, 1.82) is 0 Å². The molecule has 1 aliphatic heterocycles. The molecule has 3 aromatic rings. The number of hydrogen-bond acceptors (Lipinski definition) is 4. The van der Waals surface area contributed by atoms with Gasteiger partial charge >= 0.3 is 6.18 Å². The van der Waals surface area contributed by atoms with Gasteiger partial charge in [0.05, 0.1) is 29.9 Å². The molecule has 1 aromatic heterocycles. The number of hydrogen-bond donors (Lipinski definition) is 1. The lowest BCUT2D eigenvalue weighted by Crippen LogP contribution is -2.41. The number of benzene rings is 2. The minimum atomic E-state index is -4.68. The number of rotatable bonds is 4. The quantitative estimate of drug-likeness (QED) is 0.546. The Balaban J connectivity index is 1.76. The van der Waals surface area contributed by atoms with Gasteiger partial charge in [-0.3, -0.25) is 9.59 Å². The highest BCUT2D eigenvalue weighted by molar-refractivity contribution is 7.20. The molecule has 1 N–H and O–H groups in total. The van der Waals surface area contributed by atoms with E-state index in [4.69, 9.17) is 4.74 Å². The summed E-state index contributed by atoms with van der Waals surface area (Å²) in [6, 6.07) is 13.9. The smallest absolute Gasteiger partial charge is 0.378 e. The van der Waals surface area contributed by atoms with Gasteiger partial charge in [-0.1, -0.05) is 42.5 Å². The molecule has 172 valence electrons. The number of alkyl halides is 3. The number of anilines is 1. The third-order valence-electron chi connectivity index (χ3n) is 5.40. The standard InChI is InChI=1S/C24H21F3N2O3S/c1-15-19(23(31)29-11-13-32-14-12-29)22(33-20(15)16-7-3-2-4-8-16)28-21(30)17-9-5-6-10-18(17)24(25,26)27/h2-10H,11-14H2,1H3,(H,28,30). The Morgan fingerprint density at radius 2 is 1.64 bits per heavy atom. The van der Waals surface area contributed by atoms with Crippen LogP contribution in [0.2, 0.25) is 0 Å². The molecule has 9 heteroatoms. The van der Waals surface area contributed by atoms with Gasteiger partial charge in [0.25, 0.3) is 11.8 Å². The van der Waals surface area contributed by atoms with Gasteiger partial charge in [0.1, 0.15) is 5.00 Å². The number of carbonyl (C=O) groups excluding carboxylic acids is 2. The van der Waals surface area contributed by atoms with E-state index in [9.17, 15) is 22.8 Å². The average molecular weight is 475 g/mol. The molecule has 33 heavy (non-hydrogen) atoms. The predicted octanol–water partition coefficient (Wildman–Crippen LogP) is 5.47. The fourth-order valence-electron chi connectivity index (χ4n) is 3.75. The molecule has 1 saturated heterocycles. The molecule has 2 aromatic carbocycles. The largest absolute Gasteiger partial charge is 0.417 e. The van der Waals surface area contributed by atoms with E-state index in [1.54, 1.807) is 11.8 Å². The number of ether oxygens (including phenoxy) is 1. The Morgan fingerprint density at radius 1 is 1.00 bits per heavy atom. The molecule has 0 atom stereocenters. The molecule has 0 aliphatic carbocycles. The molecule has 0 unspecified atom stereocenters. The first kappa shape index (κ1) is 23.0. The van der Waals surface area contributed by atoms with Gasteiger partial charge in [0.2, 0.25) is 0 Å². The molecule has 4 rings (SSSR count). The van der Waals surface area contributed by atoms with Crippen molar-refractivity contribution < 1.29 is 27.5 Å². The van der Waals surface area contributed by atoms with Gasteiger partial charge in [-0.25, -0.2) is 0 Å². The van der Waals surface area contributed by atoms with Crippen LogP contribution < -0.4 is 5.32 Å². The molecule has 2 amide bonds. The van der Waals surface area contributed by atoms with E-state index in [-0.39, 0.29) is 10.9 Å². The summed E-state index contributed by atoms with van der Waals surface area (Å²) in [5, 5.41) is 2.82. The van der Waals surface area contributed by atoms with Crippen molar-refractivity contribution >= 4 is 28.2 Å². The summed E-state index contributed by atoms with van der Waals surface area (Å²) in [7, 11) is 0. The lowest BCUT2D eigenvalue weighted by Gasteiger charge is -2.27. The zero-order valence-corrected chi connectivity index (χ0v) is 18.6. The van der Waals surface area contributed by atoms with Crippen LogP contribution in [0.3, 0.4) is 0 Å². The summed E-state index contributed by atoms with van der Waals surface area (Å²) in [5.74, 6) is -1.20. The predicted molar refractivity (Wildman–Crippen MR) is 121 cm³/mol. The highest BCUT2D eigenvalue weighted by atomic mass is 32.1. The topological polar surface area (TPSA) is 58.6 Å². The van der Waals surface area contributed by atoms with Crippen LogP contribution in [0.4, 0.5) is 18.2 Å². The molecule has 0 spiro atoms. The van der Waals surface area contributed by atoms with Crippen LogP contribution in [0.5, 0.6) is 0 Å². The van der Waals surface area contributed by atoms with Gasteiger partial charge in [-0.05, 0) is 30.2 Å². The third-order valence-corrected chi connectivity index (χ3v) is 6.66. The maximum absolute atomic E-state index is 13.4. The van der Waals surface area contributed by atoms with Crippen LogP contribution in [0.15, 0.2) is 54.6 Å². The van der Waals surface area contributed by atoms with Crippen molar-refractivity contribution in [3.8, 4) is 10.4 Å². The van der Waals surface area contributed by atoms with Crippen molar-refractivity contribution in [2.24, 2.45) is 0 Å². The highest BCUT2D eigenvalue weighted by Crippen LogP contribution is 2.41. The molecule has 1 fully saturated rings. The van der Waals surface area contributed by atoms with Crippen LogP contribution in [0, 0.1) is 6.92 Å². The maximum Gasteiger partial charge on any atom is 0.417 e. The van der Waals surface area contributed by atoms with Crippen molar-refractivity contribution in [3.63, 3.8) is 0 Å². The third kappa shape index (κ3) is 4.79. The van der Waals surface area contributed by atoms with Crippen molar-refractivity contribution in [2.45, 2.75) is 13.1 Å². The van der Waals surface area contributed by atoms with Gasteiger partial charge in [-0.15, -0.1) is 11.3 Å². The first-order chi connectivity index (χ1) is 15.8. The second-order valence-electron chi connectivity index (χ2n) is 7.53. The molecule has 0 saturated carbocycles. The van der Waals surface area contributed by atoms with Gasteiger partial charge in [0.15, 0.2) is 0 Å². The van der Waals surface area contributed by atoms with E-state index in [1.807, 2.05) is 30.3 Å². The fraction of sp³-hybridized carbons (Fsp3) is 0.250.